The highest BCUT2D eigenvalue weighted by molar-refractivity contribution is 7.47. The molecule has 0 aromatic rings. The van der Waals surface area contributed by atoms with Gasteiger partial charge in [0.25, 0.3) is 0 Å². The molecule has 448 valence electrons. The minimum atomic E-state index is -4.47. The highest BCUT2D eigenvalue weighted by Crippen LogP contribution is 2.43. The molecular formula is C68H120N2O7P+. The first-order chi connectivity index (χ1) is 37.9. The molecule has 78 heavy (non-hydrogen) atoms. The van der Waals surface area contributed by atoms with Crippen LogP contribution in [0.25, 0.3) is 0 Å². The lowest BCUT2D eigenvalue weighted by Gasteiger charge is -2.27. The van der Waals surface area contributed by atoms with E-state index in [2.05, 4.69) is 123 Å². The van der Waals surface area contributed by atoms with Crippen LogP contribution in [0.2, 0.25) is 0 Å². The number of nitrogens with one attached hydrogen (secondary N) is 1. The highest BCUT2D eigenvalue weighted by atomic mass is 31.2. The average Bonchev–Trinajstić information content (AvgIpc) is 3.40. The Hall–Kier alpha value is -3.33. The summed E-state index contributed by atoms with van der Waals surface area (Å²) in [6.07, 6.45) is 78.1. The van der Waals surface area contributed by atoms with E-state index in [1.807, 2.05) is 33.3 Å². The molecule has 10 heteroatoms. The van der Waals surface area contributed by atoms with E-state index < -0.39 is 20.0 Å². The Morgan fingerprint density at radius 3 is 1.22 bits per heavy atom. The van der Waals surface area contributed by atoms with Crippen LogP contribution in [0.3, 0.4) is 0 Å². The highest BCUT2D eigenvalue weighted by Gasteiger charge is 2.30. The Kier molecular flexibility index (Phi) is 54.5. The van der Waals surface area contributed by atoms with Crippen molar-refractivity contribution in [1.29, 1.82) is 0 Å². The summed E-state index contributed by atoms with van der Waals surface area (Å²) >= 11 is 0. The van der Waals surface area contributed by atoms with E-state index in [-0.39, 0.29) is 37.9 Å². The first-order valence-corrected chi connectivity index (χ1v) is 33.2. The van der Waals surface area contributed by atoms with Crippen molar-refractivity contribution >= 4 is 19.7 Å². The minimum Gasteiger partial charge on any atom is -0.456 e. The zero-order chi connectivity index (χ0) is 57.2. The second kappa shape index (κ2) is 56.9. The van der Waals surface area contributed by atoms with Crippen LogP contribution in [-0.4, -0.2) is 74.3 Å². The normalized spacial score (nSPS) is 14.4. The maximum Gasteiger partial charge on any atom is 0.472 e. The summed E-state index contributed by atoms with van der Waals surface area (Å²) in [7, 11) is 1.44. The van der Waals surface area contributed by atoms with Crippen LogP contribution in [-0.2, 0) is 27.9 Å². The van der Waals surface area contributed by atoms with Crippen molar-refractivity contribution in [2.24, 2.45) is 0 Å². The number of hydrogen-bond donors (Lipinski definition) is 2. The van der Waals surface area contributed by atoms with E-state index in [4.69, 9.17) is 13.8 Å². The summed E-state index contributed by atoms with van der Waals surface area (Å²) in [5, 5.41) is 3.02. The summed E-state index contributed by atoms with van der Waals surface area (Å²) in [6, 6.07) is -0.888. The third kappa shape index (κ3) is 57.4. The first kappa shape index (κ1) is 74.7. The quantitative estimate of drug-likeness (QED) is 0.0205. The SMILES string of the molecule is CCCCC/C=C\C/C=C\C/C=C\C/C=C\CCCCCCCCCC(=O)OC(/C=C\CCCCCCCCCCCC)C(COP(=O)(O)OCC[N+](C)(C)C)NC(=O)CCC/C=C\C/C=C\C/C=C\C/C=C\CCCCC. The van der Waals surface area contributed by atoms with Crippen molar-refractivity contribution in [3.63, 3.8) is 0 Å². The molecule has 0 saturated heterocycles. The smallest absolute Gasteiger partial charge is 0.456 e. The number of likely N-dealkylation sites (N-methyl/N-ethyl adjacent to an activating group) is 1. The number of ether oxygens (including phenoxy) is 1. The molecule has 3 unspecified atom stereocenters. The van der Waals surface area contributed by atoms with Crippen molar-refractivity contribution in [1.82, 2.24) is 5.32 Å². The molecule has 3 atom stereocenters. The summed E-state index contributed by atoms with van der Waals surface area (Å²) in [5.74, 6) is -0.588. The minimum absolute atomic E-state index is 0.0229. The van der Waals surface area contributed by atoms with E-state index in [1.165, 1.54) is 122 Å². The lowest BCUT2D eigenvalue weighted by Crippen LogP contribution is -2.47. The standard InChI is InChI=1S/C68H119N2O7P/c1-7-10-13-16-19-22-25-28-30-32-33-34-35-36-37-39-41-43-46-49-52-55-58-61-68(72)77-66(59-56-53-50-47-44-27-24-21-18-15-12-9-3)65(64-76-78(73,74)75-63-62-70(4,5)6)69-67(71)60-57-54-51-48-45-42-40-38-31-29-26-23-20-17-14-11-8-2/h19-20,22-23,28-31,33-34,36-37,40,42,48,51,56,59,65-66H,7-18,21,24-27,32,35,38-39,41,43-47,49-50,52-55,57-58,60-64H2,1-6H3,(H-,69,71,73,74)/p+1/b22-19-,23-20-,30-28-,31-29-,34-33-,37-36-,42-40-,51-48-,59-56-. The molecule has 2 N–H and O–H groups in total. The van der Waals surface area contributed by atoms with Crippen molar-refractivity contribution in [2.75, 3.05) is 40.9 Å². The number of unbranched alkanes of at least 4 members (excludes halogenated alkanes) is 24. The zero-order valence-corrected chi connectivity index (χ0v) is 52.0. The van der Waals surface area contributed by atoms with Gasteiger partial charge in [0.1, 0.15) is 19.3 Å². The Bertz CT molecular complexity index is 1700. The molecule has 0 saturated carbocycles. The molecule has 0 aliphatic heterocycles. The number of phosphoric ester groups is 1. The number of allylic oxidation sites excluding steroid dienone is 17. The van der Waals surface area contributed by atoms with Crippen LogP contribution < -0.4 is 5.32 Å². The van der Waals surface area contributed by atoms with E-state index in [0.717, 1.165) is 89.9 Å². The van der Waals surface area contributed by atoms with Gasteiger partial charge in [-0.25, -0.2) is 4.57 Å². The monoisotopic (exact) mass is 1110 g/mol. The van der Waals surface area contributed by atoms with Gasteiger partial charge in [-0.3, -0.25) is 18.6 Å². The number of phosphoric acid groups is 1. The molecule has 0 bridgehead atoms. The topological polar surface area (TPSA) is 111 Å². The number of hydrogen-bond acceptors (Lipinski definition) is 6. The van der Waals surface area contributed by atoms with E-state index in [9.17, 15) is 19.0 Å². The zero-order valence-electron chi connectivity index (χ0n) is 51.1. The summed E-state index contributed by atoms with van der Waals surface area (Å²) in [5.41, 5.74) is 0. The van der Waals surface area contributed by atoms with Crippen LogP contribution >= 0.6 is 7.82 Å². The Balaban J connectivity index is 5.32. The van der Waals surface area contributed by atoms with Crippen molar-refractivity contribution in [3.05, 3.63) is 109 Å². The molecule has 0 rings (SSSR count). The number of carbonyl (C=O) groups excluding carboxylic acids is 2. The van der Waals surface area contributed by atoms with Gasteiger partial charge in [0.05, 0.1) is 33.8 Å². The van der Waals surface area contributed by atoms with Gasteiger partial charge in [-0.05, 0) is 115 Å². The lowest BCUT2D eigenvalue weighted by atomic mass is 10.1. The number of esters is 1. The molecule has 0 heterocycles. The molecule has 0 aromatic carbocycles. The molecule has 0 radical (unpaired) electrons. The van der Waals surface area contributed by atoms with Gasteiger partial charge in [0, 0.05) is 12.8 Å². The Labute approximate surface area is 481 Å². The number of quaternary nitrogens is 1. The fourth-order valence-corrected chi connectivity index (χ4v) is 9.24. The van der Waals surface area contributed by atoms with Gasteiger partial charge < -0.3 is 19.4 Å². The number of nitrogens with zero attached hydrogens (tertiary/aromatic N) is 1. The summed E-state index contributed by atoms with van der Waals surface area (Å²) < 4.78 is 30.7. The largest absolute Gasteiger partial charge is 0.472 e. The summed E-state index contributed by atoms with van der Waals surface area (Å²) in [4.78, 5) is 37.7. The third-order valence-electron chi connectivity index (χ3n) is 13.4. The molecular weight excluding hydrogens is 988 g/mol. The summed E-state index contributed by atoms with van der Waals surface area (Å²) in [6.45, 7) is 6.90. The van der Waals surface area contributed by atoms with Crippen LogP contribution in [0.1, 0.15) is 258 Å². The predicted octanol–water partition coefficient (Wildman–Crippen LogP) is 19.7. The maximum absolute atomic E-state index is 13.5. The maximum atomic E-state index is 13.5. The van der Waals surface area contributed by atoms with Crippen molar-refractivity contribution < 1.29 is 37.3 Å². The molecule has 0 aromatic heterocycles. The van der Waals surface area contributed by atoms with Gasteiger partial charge in [-0.15, -0.1) is 0 Å². The van der Waals surface area contributed by atoms with E-state index in [0.29, 0.717) is 23.9 Å². The fourth-order valence-electron chi connectivity index (χ4n) is 8.50. The fraction of sp³-hybridized carbons (Fsp3) is 0.706. The average molecular weight is 1110 g/mol. The van der Waals surface area contributed by atoms with Crippen molar-refractivity contribution in [2.45, 2.75) is 270 Å². The van der Waals surface area contributed by atoms with Gasteiger partial charge in [-0.1, -0.05) is 240 Å². The van der Waals surface area contributed by atoms with Gasteiger partial charge >= 0.3 is 13.8 Å². The third-order valence-corrected chi connectivity index (χ3v) is 14.4. The van der Waals surface area contributed by atoms with Crippen LogP contribution in [0.15, 0.2) is 109 Å². The van der Waals surface area contributed by atoms with Crippen LogP contribution in [0.5, 0.6) is 0 Å². The molecule has 1 amide bonds. The number of carbonyl (C=O) groups is 2. The van der Waals surface area contributed by atoms with Gasteiger partial charge in [0.15, 0.2) is 0 Å². The first-order valence-electron chi connectivity index (χ1n) is 31.7. The Morgan fingerprint density at radius 1 is 0.449 bits per heavy atom. The second-order valence-electron chi connectivity index (χ2n) is 22.2. The lowest BCUT2D eigenvalue weighted by molar-refractivity contribution is -0.870. The number of rotatable bonds is 56. The van der Waals surface area contributed by atoms with Crippen LogP contribution in [0, 0.1) is 0 Å². The molecule has 0 aliphatic rings. The van der Waals surface area contributed by atoms with Gasteiger partial charge in [-0.2, -0.15) is 0 Å². The van der Waals surface area contributed by atoms with E-state index >= 15 is 0 Å². The van der Waals surface area contributed by atoms with Gasteiger partial charge in [0.2, 0.25) is 5.91 Å². The molecule has 9 nitrogen and oxygen atoms in total. The molecule has 0 fully saturated rings. The van der Waals surface area contributed by atoms with Crippen molar-refractivity contribution in [3.8, 4) is 0 Å². The second-order valence-corrected chi connectivity index (χ2v) is 23.7. The number of amides is 1. The molecule has 0 aliphatic carbocycles. The Morgan fingerprint density at radius 2 is 0.795 bits per heavy atom. The van der Waals surface area contributed by atoms with E-state index in [1.54, 1.807) is 0 Å². The molecule has 0 spiro atoms. The van der Waals surface area contributed by atoms with Crippen LogP contribution in [0.4, 0.5) is 0 Å². The predicted molar refractivity (Wildman–Crippen MR) is 337 cm³/mol.